The molecule has 0 unspecified atom stereocenters. The largest absolute Gasteiger partial charge is 0.333 e. The summed E-state index contributed by atoms with van der Waals surface area (Å²) >= 11 is 0. The number of benzene rings is 2. The van der Waals surface area contributed by atoms with Gasteiger partial charge in [-0.15, -0.1) is 0 Å². The normalized spacial score (nSPS) is 11.8. The highest BCUT2D eigenvalue weighted by molar-refractivity contribution is 7.91. The van der Waals surface area contributed by atoms with E-state index in [1.165, 1.54) is 0 Å². The van der Waals surface area contributed by atoms with Crippen molar-refractivity contribution in [3.63, 3.8) is 0 Å². The summed E-state index contributed by atoms with van der Waals surface area (Å²) in [5.74, 6) is 0.290. The number of hydrogen-bond acceptors (Lipinski definition) is 3. The molecule has 24 heavy (non-hydrogen) atoms. The Balaban J connectivity index is 1.88. The van der Waals surface area contributed by atoms with Crippen LogP contribution in [0.3, 0.4) is 0 Å². The van der Waals surface area contributed by atoms with E-state index in [0.29, 0.717) is 16.3 Å². The van der Waals surface area contributed by atoms with E-state index in [0.717, 1.165) is 11.1 Å². The van der Waals surface area contributed by atoms with Crippen molar-refractivity contribution < 1.29 is 8.42 Å². The molecule has 4 nitrogen and oxygen atoms in total. The molecule has 0 spiro atoms. The molecule has 0 saturated heterocycles. The summed E-state index contributed by atoms with van der Waals surface area (Å²) in [4.78, 5) is 4.67. The predicted octanol–water partition coefficient (Wildman–Crippen LogP) is 3.89. The van der Waals surface area contributed by atoms with Gasteiger partial charge in [0.2, 0.25) is 9.84 Å². The molecule has 1 heterocycles. The zero-order valence-electron chi connectivity index (χ0n) is 13.8. The highest BCUT2D eigenvalue weighted by atomic mass is 32.2. The lowest BCUT2D eigenvalue weighted by molar-refractivity contribution is 0.596. The molecule has 0 aliphatic rings. The van der Waals surface area contributed by atoms with Gasteiger partial charge in [0.1, 0.15) is 0 Å². The Hall–Kier alpha value is -2.40. The van der Waals surface area contributed by atoms with Gasteiger partial charge in [0, 0.05) is 18.9 Å². The summed E-state index contributed by atoms with van der Waals surface area (Å²) in [5, 5.41) is 0. The second kappa shape index (κ2) is 6.61. The van der Waals surface area contributed by atoms with Gasteiger partial charge in [-0.05, 0) is 41.3 Å². The van der Waals surface area contributed by atoms with Crippen LogP contribution in [0.5, 0.6) is 0 Å². The first kappa shape index (κ1) is 16.5. The third-order valence-electron chi connectivity index (χ3n) is 3.99. The summed E-state index contributed by atoms with van der Waals surface area (Å²) in [7, 11) is -3.49. The number of imidazole rings is 1. The Labute approximate surface area is 142 Å². The topological polar surface area (TPSA) is 52.0 Å². The number of hydrogen-bond donors (Lipinski definition) is 0. The van der Waals surface area contributed by atoms with E-state index in [2.05, 4.69) is 18.8 Å². The Morgan fingerprint density at radius 1 is 1.04 bits per heavy atom. The molecule has 1 aromatic heterocycles. The van der Waals surface area contributed by atoms with Gasteiger partial charge >= 0.3 is 0 Å². The van der Waals surface area contributed by atoms with Gasteiger partial charge in [0.25, 0.3) is 0 Å². The first-order valence-corrected chi connectivity index (χ1v) is 9.35. The first-order valence-electron chi connectivity index (χ1n) is 7.86. The van der Waals surface area contributed by atoms with Crippen LogP contribution >= 0.6 is 0 Å². The minimum Gasteiger partial charge on any atom is -0.333 e. The third kappa shape index (κ3) is 3.41. The number of aromatic nitrogens is 2. The quantitative estimate of drug-likeness (QED) is 0.708. The van der Waals surface area contributed by atoms with E-state index < -0.39 is 9.84 Å². The van der Waals surface area contributed by atoms with E-state index in [4.69, 9.17) is 0 Å². The van der Waals surface area contributed by atoms with Crippen molar-refractivity contribution in [2.45, 2.75) is 36.1 Å². The van der Waals surface area contributed by atoms with Crippen molar-refractivity contribution >= 4 is 9.84 Å². The van der Waals surface area contributed by atoms with Gasteiger partial charge in [-0.3, -0.25) is 0 Å². The summed E-state index contributed by atoms with van der Waals surface area (Å²) in [6.45, 7) is 4.77. The van der Waals surface area contributed by atoms with Crippen LogP contribution in [0.1, 0.15) is 30.9 Å². The molecule has 0 aliphatic heterocycles. The summed E-state index contributed by atoms with van der Waals surface area (Å²) in [5.41, 5.74) is 2.05. The fourth-order valence-electron chi connectivity index (χ4n) is 2.54. The molecular weight excluding hydrogens is 320 g/mol. The summed E-state index contributed by atoms with van der Waals surface area (Å²) in [6, 6.07) is 14.2. The molecule has 0 amide bonds. The number of nitrogens with zero attached hydrogens (tertiary/aromatic N) is 2. The van der Waals surface area contributed by atoms with E-state index >= 15 is 0 Å². The van der Waals surface area contributed by atoms with Crippen LogP contribution in [-0.2, 0) is 16.4 Å². The molecule has 124 valence electrons. The Morgan fingerprint density at radius 3 is 2.42 bits per heavy atom. The molecule has 0 N–H and O–H groups in total. The van der Waals surface area contributed by atoms with Crippen LogP contribution in [0.25, 0.3) is 0 Å². The van der Waals surface area contributed by atoms with Crippen LogP contribution in [0.15, 0.2) is 77.0 Å². The van der Waals surface area contributed by atoms with Gasteiger partial charge < -0.3 is 4.57 Å². The van der Waals surface area contributed by atoms with Crippen LogP contribution in [-0.4, -0.2) is 18.0 Å². The Kier molecular flexibility index (Phi) is 4.53. The van der Waals surface area contributed by atoms with Gasteiger partial charge in [0.05, 0.1) is 16.1 Å². The van der Waals surface area contributed by atoms with Crippen molar-refractivity contribution in [2.75, 3.05) is 0 Å². The fraction of sp³-hybridized carbons (Fsp3) is 0.211. The van der Waals surface area contributed by atoms with E-state index in [9.17, 15) is 8.42 Å². The van der Waals surface area contributed by atoms with Crippen LogP contribution in [0, 0.1) is 0 Å². The van der Waals surface area contributed by atoms with Crippen LogP contribution in [0.2, 0.25) is 0 Å². The Morgan fingerprint density at radius 2 is 1.79 bits per heavy atom. The average molecular weight is 340 g/mol. The van der Waals surface area contributed by atoms with E-state index in [-0.39, 0.29) is 5.92 Å². The summed E-state index contributed by atoms with van der Waals surface area (Å²) < 4.78 is 27.6. The molecule has 0 aliphatic carbocycles. The SMILES string of the molecule is CC(C)c1cccc(S(=O)(=O)c2ccc(Cn3ccnc3)cc2)c1. The van der Waals surface area contributed by atoms with Crippen molar-refractivity contribution in [1.82, 2.24) is 9.55 Å². The summed E-state index contributed by atoms with van der Waals surface area (Å²) in [6.07, 6.45) is 5.34. The maximum Gasteiger partial charge on any atom is 0.206 e. The highest BCUT2D eigenvalue weighted by Crippen LogP contribution is 2.24. The third-order valence-corrected chi connectivity index (χ3v) is 5.76. The lowest BCUT2D eigenvalue weighted by Crippen LogP contribution is -2.04. The zero-order valence-corrected chi connectivity index (χ0v) is 14.6. The molecule has 2 aromatic carbocycles. The zero-order chi connectivity index (χ0) is 17.2. The molecule has 5 heteroatoms. The number of rotatable bonds is 5. The molecule has 0 atom stereocenters. The fourth-order valence-corrected chi connectivity index (χ4v) is 3.86. The minimum absolute atomic E-state index is 0.290. The van der Waals surface area contributed by atoms with E-state index in [1.807, 2.05) is 29.0 Å². The Bertz CT molecular complexity index is 912. The van der Waals surface area contributed by atoms with Gasteiger partial charge in [-0.25, -0.2) is 13.4 Å². The molecule has 0 bridgehead atoms. The lowest BCUT2D eigenvalue weighted by Gasteiger charge is -2.10. The van der Waals surface area contributed by atoms with Crippen molar-refractivity contribution in [3.05, 3.63) is 78.4 Å². The smallest absolute Gasteiger partial charge is 0.206 e. The first-order chi connectivity index (χ1) is 11.5. The number of sulfone groups is 1. The minimum atomic E-state index is -3.49. The molecule has 3 aromatic rings. The van der Waals surface area contributed by atoms with Crippen LogP contribution in [0.4, 0.5) is 0 Å². The predicted molar refractivity (Wildman–Crippen MR) is 93.8 cm³/mol. The van der Waals surface area contributed by atoms with Crippen LogP contribution < -0.4 is 0 Å². The molecule has 0 radical (unpaired) electrons. The van der Waals surface area contributed by atoms with Crippen molar-refractivity contribution in [1.29, 1.82) is 0 Å². The van der Waals surface area contributed by atoms with Gasteiger partial charge in [-0.2, -0.15) is 0 Å². The maximum atomic E-state index is 12.8. The molecular formula is C19H20N2O2S. The molecule has 0 saturated carbocycles. The van der Waals surface area contributed by atoms with Crippen molar-refractivity contribution in [3.8, 4) is 0 Å². The maximum absolute atomic E-state index is 12.8. The molecule has 3 rings (SSSR count). The highest BCUT2D eigenvalue weighted by Gasteiger charge is 2.18. The van der Waals surface area contributed by atoms with Gasteiger partial charge in [0.15, 0.2) is 0 Å². The van der Waals surface area contributed by atoms with Crippen molar-refractivity contribution in [2.24, 2.45) is 0 Å². The standard InChI is InChI=1S/C19H20N2O2S/c1-15(2)17-4-3-5-19(12-17)24(22,23)18-8-6-16(7-9-18)13-21-11-10-20-14-21/h3-12,14-15H,13H2,1-2H3. The molecule has 0 fully saturated rings. The second-order valence-electron chi connectivity index (χ2n) is 6.11. The second-order valence-corrected chi connectivity index (χ2v) is 8.06. The average Bonchev–Trinajstić information content (AvgIpc) is 3.08. The van der Waals surface area contributed by atoms with E-state index in [1.54, 1.807) is 42.9 Å². The lowest BCUT2D eigenvalue weighted by atomic mass is 10.0. The monoisotopic (exact) mass is 340 g/mol. The van der Waals surface area contributed by atoms with Gasteiger partial charge in [-0.1, -0.05) is 38.1 Å².